The number of aliphatic hydroxyl groups excluding tert-OH is 1. The number of hydrogen-bond donors (Lipinski definition) is 3. The van der Waals surface area contributed by atoms with Gasteiger partial charge in [0.05, 0.1) is 36.9 Å². The Kier molecular flexibility index (Phi) is 7.73. The maximum atomic E-state index is 13.2. The number of pyridine rings is 1. The summed E-state index contributed by atoms with van der Waals surface area (Å²) in [6.45, 7) is 2.36. The standard InChI is InChI=1S/C23H25F3N6O3/c24-23(25,26)22-29-12-15(13-30-22)19(32-6-9-35-10-7-32)14-28-21(34)17-11-20(27-5-8-33)31-18-4-2-1-3-16(17)18/h1-4,11-13,19,33H,5-10,14H2,(H,27,31)(H,28,34). The van der Waals surface area contributed by atoms with Gasteiger partial charge < -0.3 is 20.5 Å². The van der Waals surface area contributed by atoms with E-state index in [1.165, 1.54) is 0 Å². The fourth-order valence-corrected chi connectivity index (χ4v) is 3.93. The number of anilines is 1. The average Bonchev–Trinajstić information content (AvgIpc) is 2.87. The lowest BCUT2D eigenvalue weighted by Crippen LogP contribution is -2.44. The number of aromatic nitrogens is 3. The number of amides is 1. The SMILES string of the molecule is O=C(NCC(c1cnc(C(F)(F)F)nc1)N1CCOCC1)c1cc(NCCO)nc2ccccc12. The molecule has 1 aromatic carbocycles. The molecule has 1 atom stereocenters. The van der Waals surface area contributed by atoms with Gasteiger partial charge in [0.15, 0.2) is 0 Å². The number of nitrogens with zero attached hydrogens (tertiary/aromatic N) is 4. The van der Waals surface area contributed by atoms with Gasteiger partial charge in [0.2, 0.25) is 5.82 Å². The second-order valence-electron chi connectivity index (χ2n) is 7.93. The molecule has 0 spiro atoms. The molecule has 1 aliphatic heterocycles. The summed E-state index contributed by atoms with van der Waals surface area (Å²) in [5.74, 6) is -1.12. The van der Waals surface area contributed by atoms with Crippen molar-refractivity contribution in [2.24, 2.45) is 0 Å². The molecule has 2 aromatic heterocycles. The van der Waals surface area contributed by atoms with Crippen LogP contribution in [-0.4, -0.2) is 76.9 Å². The number of carbonyl (C=O) groups is 1. The van der Waals surface area contributed by atoms with Gasteiger partial charge in [-0.25, -0.2) is 15.0 Å². The number of aliphatic hydroxyl groups is 1. The van der Waals surface area contributed by atoms with Gasteiger partial charge in [0.1, 0.15) is 5.82 Å². The lowest BCUT2D eigenvalue weighted by molar-refractivity contribution is -0.145. The third-order valence-corrected chi connectivity index (χ3v) is 5.63. The van der Waals surface area contributed by atoms with E-state index in [2.05, 4.69) is 25.6 Å². The molecule has 0 bridgehead atoms. The minimum absolute atomic E-state index is 0.0908. The van der Waals surface area contributed by atoms with Crippen molar-refractivity contribution in [3.05, 3.63) is 59.7 Å². The summed E-state index contributed by atoms with van der Waals surface area (Å²) in [7, 11) is 0. The largest absolute Gasteiger partial charge is 0.451 e. The van der Waals surface area contributed by atoms with Crippen molar-refractivity contribution in [2.45, 2.75) is 12.2 Å². The van der Waals surface area contributed by atoms with Crippen molar-refractivity contribution in [1.82, 2.24) is 25.2 Å². The molecular weight excluding hydrogens is 465 g/mol. The van der Waals surface area contributed by atoms with Crippen molar-refractivity contribution in [2.75, 3.05) is 51.3 Å². The number of para-hydroxylation sites is 1. The monoisotopic (exact) mass is 490 g/mol. The highest BCUT2D eigenvalue weighted by atomic mass is 19.4. The van der Waals surface area contributed by atoms with E-state index in [4.69, 9.17) is 9.84 Å². The molecule has 1 fully saturated rings. The van der Waals surface area contributed by atoms with Gasteiger partial charge in [0.25, 0.3) is 5.91 Å². The van der Waals surface area contributed by atoms with Gasteiger partial charge >= 0.3 is 6.18 Å². The van der Waals surface area contributed by atoms with E-state index in [0.29, 0.717) is 54.2 Å². The smallest absolute Gasteiger partial charge is 0.395 e. The number of morpholine rings is 1. The topological polar surface area (TPSA) is 113 Å². The molecule has 0 radical (unpaired) electrons. The molecule has 9 nitrogen and oxygen atoms in total. The molecule has 12 heteroatoms. The third kappa shape index (κ3) is 6.02. The van der Waals surface area contributed by atoms with Crippen molar-refractivity contribution >= 4 is 22.6 Å². The minimum atomic E-state index is -4.63. The molecule has 1 amide bonds. The predicted octanol–water partition coefficient (Wildman–Crippen LogP) is 2.25. The van der Waals surface area contributed by atoms with E-state index < -0.39 is 18.0 Å². The number of rotatable bonds is 8. The molecule has 3 N–H and O–H groups in total. The molecule has 1 unspecified atom stereocenters. The van der Waals surface area contributed by atoms with Crippen LogP contribution in [0, 0.1) is 0 Å². The van der Waals surface area contributed by atoms with E-state index in [-0.39, 0.29) is 25.6 Å². The first kappa shape index (κ1) is 24.8. The highest BCUT2D eigenvalue weighted by Crippen LogP contribution is 2.27. The van der Waals surface area contributed by atoms with E-state index in [1.807, 2.05) is 11.0 Å². The summed E-state index contributed by atoms with van der Waals surface area (Å²) in [6, 6.07) is 8.36. The van der Waals surface area contributed by atoms with Crippen LogP contribution in [0.4, 0.5) is 19.0 Å². The number of ether oxygens (including phenoxy) is 1. The Morgan fingerprint density at radius 1 is 1.17 bits per heavy atom. The predicted molar refractivity (Wildman–Crippen MR) is 122 cm³/mol. The van der Waals surface area contributed by atoms with E-state index in [9.17, 15) is 18.0 Å². The first-order valence-electron chi connectivity index (χ1n) is 11.1. The first-order chi connectivity index (χ1) is 16.9. The van der Waals surface area contributed by atoms with Crippen LogP contribution in [0.5, 0.6) is 0 Å². The van der Waals surface area contributed by atoms with Crippen molar-refractivity contribution in [1.29, 1.82) is 0 Å². The summed E-state index contributed by atoms with van der Waals surface area (Å²) in [4.78, 5) is 26.7. The maximum absolute atomic E-state index is 13.2. The summed E-state index contributed by atoms with van der Waals surface area (Å²) < 4.78 is 44.2. The van der Waals surface area contributed by atoms with Gasteiger partial charge in [-0.2, -0.15) is 13.2 Å². The number of fused-ring (bicyclic) bond motifs is 1. The van der Waals surface area contributed by atoms with Crippen molar-refractivity contribution in [3.8, 4) is 0 Å². The second kappa shape index (κ2) is 10.9. The van der Waals surface area contributed by atoms with Crippen molar-refractivity contribution < 1.29 is 27.8 Å². The van der Waals surface area contributed by atoms with Crippen LogP contribution in [0.2, 0.25) is 0 Å². The van der Waals surface area contributed by atoms with Gasteiger partial charge in [-0.05, 0) is 12.1 Å². The molecule has 0 saturated carbocycles. The zero-order valence-corrected chi connectivity index (χ0v) is 18.8. The number of carbonyl (C=O) groups excluding carboxylic acids is 1. The molecular formula is C23H25F3N6O3. The molecule has 3 heterocycles. The number of alkyl halides is 3. The molecule has 186 valence electrons. The lowest BCUT2D eigenvalue weighted by Gasteiger charge is -2.34. The van der Waals surface area contributed by atoms with Crippen LogP contribution < -0.4 is 10.6 Å². The summed E-state index contributed by atoms with van der Waals surface area (Å²) in [6.07, 6.45) is -2.33. The zero-order valence-electron chi connectivity index (χ0n) is 18.8. The maximum Gasteiger partial charge on any atom is 0.451 e. The molecule has 35 heavy (non-hydrogen) atoms. The molecule has 4 rings (SSSR count). The van der Waals surface area contributed by atoms with Gasteiger partial charge in [-0.3, -0.25) is 9.69 Å². The van der Waals surface area contributed by atoms with E-state index >= 15 is 0 Å². The Morgan fingerprint density at radius 2 is 1.89 bits per heavy atom. The molecule has 1 saturated heterocycles. The number of nitrogens with one attached hydrogen (secondary N) is 2. The normalized spacial score (nSPS) is 15.7. The lowest BCUT2D eigenvalue weighted by atomic mass is 10.1. The van der Waals surface area contributed by atoms with Crippen molar-refractivity contribution in [3.63, 3.8) is 0 Å². The summed E-state index contributed by atoms with van der Waals surface area (Å²) >= 11 is 0. The highest BCUT2D eigenvalue weighted by molar-refractivity contribution is 6.07. The number of benzene rings is 1. The first-order valence-corrected chi connectivity index (χ1v) is 11.1. The van der Waals surface area contributed by atoms with Crippen LogP contribution in [0.25, 0.3) is 10.9 Å². The fraction of sp³-hybridized carbons (Fsp3) is 0.391. The van der Waals surface area contributed by atoms with Crippen LogP contribution in [0.3, 0.4) is 0 Å². The number of hydrogen-bond acceptors (Lipinski definition) is 8. The zero-order chi connectivity index (χ0) is 24.8. The fourth-order valence-electron chi connectivity index (χ4n) is 3.93. The van der Waals surface area contributed by atoms with Crippen LogP contribution in [-0.2, 0) is 10.9 Å². The molecule has 3 aromatic rings. The van der Waals surface area contributed by atoms with Gasteiger partial charge in [-0.1, -0.05) is 18.2 Å². The molecule has 0 aliphatic carbocycles. The van der Waals surface area contributed by atoms with E-state index in [1.54, 1.807) is 24.3 Å². The Bertz CT molecular complexity index is 1150. The highest BCUT2D eigenvalue weighted by Gasteiger charge is 2.35. The Labute approximate surface area is 199 Å². The average molecular weight is 490 g/mol. The van der Waals surface area contributed by atoms with Crippen LogP contribution in [0.15, 0.2) is 42.7 Å². The Morgan fingerprint density at radius 3 is 2.57 bits per heavy atom. The summed E-state index contributed by atoms with van der Waals surface area (Å²) in [5.41, 5.74) is 1.46. The van der Waals surface area contributed by atoms with Gasteiger partial charge in [-0.15, -0.1) is 0 Å². The minimum Gasteiger partial charge on any atom is -0.395 e. The Hall–Kier alpha value is -3.35. The van der Waals surface area contributed by atoms with Crippen LogP contribution >= 0.6 is 0 Å². The number of halogens is 3. The molecule has 1 aliphatic rings. The quantitative estimate of drug-likeness (QED) is 0.441. The third-order valence-electron chi connectivity index (χ3n) is 5.63. The Balaban J connectivity index is 1.58. The van der Waals surface area contributed by atoms with E-state index in [0.717, 1.165) is 12.4 Å². The second-order valence-corrected chi connectivity index (χ2v) is 7.93. The summed E-state index contributed by atoms with van der Waals surface area (Å²) in [5, 5.41) is 15.6. The van der Waals surface area contributed by atoms with Gasteiger partial charge in [0, 0.05) is 49.5 Å². The van der Waals surface area contributed by atoms with Crippen LogP contribution in [0.1, 0.15) is 27.8 Å².